The second-order valence-corrected chi connectivity index (χ2v) is 6.99. The van der Waals surface area contributed by atoms with Gasteiger partial charge in [0, 0.05) is 51.9 Å². The third-order valence-corrected chi connectivity index (χ3v) is 4.97. The molecule has 0 spiro atoms. The molecule has 2 N–H and O–H groups in total. The number of guanidine groups is 1. The maximum absolute atomic E-state index is 12.5. The Morgan fingerprint density at radius 2 is 1.76 bits per heavy atom. The van der Waals surface area contributed by atoms with Crippen molar-refractivity contribution in [1.29, 1.82) is 0 Å². The monoisotopic (exact) mass is 415 g/mol. The van der Waals surface area contributed by atoms with E-state index in [2.05, 4.69) is 37.1 Å². The smallest absolute Gasteiger partial charge is 0.405 e. The summed E-state index contributed by atoms with van der Waals surface area (Å²) in [5.74, 6) is 0.356. The number of likely N-dealkylation sites (N-methyl/N-ethyl adjacent to an activating group) is 1. The summed E-state index contributed by atoms with van der Waals surface area (Å²) in [5, 5.41) is 6.25. The summed E-state index contributed by atoms with van der Waals surface area (Å²) in [4.78, 5) is 9.09. The third kappa shape index (κ3) is 8.91. The molecule has 1 aliphatic heterocycles. The van der Waals surface area contributed by atoms with Crippen LogP contribution < -0.4 is 15.4 Å². The maximum Gasteiger partial charge on any atom is 0.573 e. The molecule has 9 heteroatoms. The molecule has 29 heavy (non-hydrogen) atoms. The largest absolute Gasteiger partial charge is 0.573 e. The molecule has 0 atom stereocenters. The zero-order valence-corrected chi connectivity index (χ0v) is 17.3. The van der Waals surface area contributed by atoms with E-state index in [1.807, 2.05) is 0 Å². The second-order valence-electron chi connectivity index (χ2n) is 6.99. The number of aliphatic imine (C=N–C) groups is 1. The zero-order valence-electron chi connectivity index (χ0n) is 17.3. The van der Waals surface area contributed by atoms with Gasteiger partial charge in [-0.3, -0.25) is 4.99 Å². The summed E-state index contributed by atoms with van der Waals surface area (Å²) in [6.07, 6.45) is -2.61. The lowest BCUT2D eigenvalue weighted by Gasteiger charge is -2.34. The molecule has 6 nitrogen and oxygen atoms in total. The van der Waals surface area contributed by atoms with Crippen LogP contribution in [0.1, 0.15) is 25.3 Å². The van der Waals surface area contributed by atoms with Gasteiger partial charge in [0.25, 0.3) is 0 Å². The minimum atomic E-state index is -4.71. The van der Waals surface area contributed by atoms with Crippen molar-refractivity contribution in [2.24, 2.45) is 4.99 Å². The van der Waals surface area contributed by atoms with Gasteiger partial charge in [-0.15, -0.1) is 13.2 Å². The van der Waals surface area contributed by atoms with Crippen molar-refractivity contribution in [3.8, 4) is 5.75 Å². The Hall–Kier alpha value is -2.00. The minimum absolute atomic E-state index is 0.188. The fourth-order valence-electron chi connectivity index (χ4n) is 3.27. The quantitative estimate of drug-likeness (QED) is 0.369. The summed E-state index contributed by atoms with van der Waals surface area (Å²) >= 11 is 0. The highest BCUT2D eigenvalue weighted by Gasteiger charge is 2.31. The molecular weight excluding hydrogens is 383 g/mol. The van der Waals surface area contributed by atoms with E-state index in [0.717, 1.165) is 58.7 Å². The number of nitrogens with one attached hydrogen (secondary N) is 2. The molecule has 0 amide bonds. The number of piperazine rings is 1. The highest BCUT2D eigenvalue weighted by molar-refractivity contribution is 5.79. The van der Waals surface area contributed by atoms with Crippen LogP contribution in [0.2, 0.25) is 0 Å². The van der Waals surface area contributed by atoms with Crippen LogP contribution in [0.25, 0.3) is 0 Å². The number of hydrogen-bond acceptors (Lipinski definition) is 4. The second kappa shape index (κ2) is 11.9. The fourth-order valence-corrected chi connectivity index (χ4v) is 3.27. The van der Waals surface area contributed by atoms with Crippen LogP contribution in [-0.2, 0) is 6.54 Å². The van der Waals surface area contributed by atoms with Gasteiger partial charge in [-0.2, -0.15) is 0 Å². The molecule has 1 aromatic rings. The summed E-state index contributed by atoms with van der Waals surface area (Å²) < 4.78 is 41.6. The molecule has 1 fully saturated rings. The number of hydrogen-bond donors (Lipinski definition) is 2. The minimum Gasteiger partial charge on any atom is -0.405 e. The predicted molar refractivity (Wildman–Crippen MR) is 109 cm³/mol. The van der Waals surface area contributed by atoms with Gasteiger partial charge in [0.05, 0.1) is 0 Å². The van der Waals surface area contributed by atoms with Crippen LogP contribution >= 0.6 is 0 Å². The molecule has 1 saturated heterocycles. The van der Waals surface area contributed by atoms with Crippen molar-refractivity contribution >= 4 is 5.96 Å². The number of benzene rings is 1. The van der Waals surface area contributed by atoms with Gasteiger partial charge < -0.3 is 25.2 Å². The topological polar surface area (TPSA) is 52.1 Å². The Kier molecular flexibility index (Phi) is 9.53. The molecule has 0 saturated carbocycles. The van der Waals surface area contributed by atoms with Crippen molar-refractivity contribution in [2.75, 3.05) is 52.9 Å². The van der Waals surface area contributed by atoms with E-state index in [0.29, 0.717) is 11.5 Å². The van der Waals surface area contributed by atoms with Gasteiger partial charge in [0.1, 0.15) is 5.75 Å². The van der Waals surface area contributed by atoms with Gasteiger partial charge in [0.15, 0.2) is 5.96 Å². The first-order valence-corrected chi connectivity index (χ1v) is 10.1. The summed E-state index contributed by atoms with van der Waals surface area (Å²) in [7, 11) is 1.64. The van der Waals surface area contributed by atoms with Crippen LogP contribution in [0.5, 0.6) is 5.75 Å². The first-order chi connectivity index (χ1) is 13.9. The number of unbranched alkanes of at least 4 members (excludes halogenated alkanes) is 1. The predicted octanol–water partition coefficient (Wildman–Crippen LogP) is 2.67. The molecule has 2 rings (SSSR count). The van der Waals surface area contributed by atoms with Crippen molar-refractivity contribution in [3.05, 3.63) is 29.8 Å². The first-order valence-electron chi connectivity index (χ1n) is 10.1. The number of nitrogens with zero attached hydrogens (tertiary/aromatic N) is 3. The summed E-state index contributed by atoms with van der Waals surface area (Å²) in [6.45, 7) is 9.90. The van der Waals surface area contributed by atoms with E-state index in [-0.39, 0.29) is 12.3 Å². The van der Waals surface area contributed by atoms with Crippen molar-refractivity contribution in [1.82, 2.24) is 20.4 Å². The third-order valence-electron chi connectivity index (χ3n) is 4.97. The van der Waals surface area contributed by atoms with E-state index in [1.54, 1.807) is 19.2 Å². The van der Waals surface area contributed by atoms with Gasteiger partial charge >= 0.3 is 6.36 Å². The van der Waals surface area contributed by atoms with Crippen LogP contribution in [-0.4, -0.2) is 75.0 Å². The molecule has 1 heterocycles. The SMILES string of the molecule is CCN1CCN(CCCCNC(=NC)NCc2ccccc2OC(F)(F)F)CC1. The lowest BCUT2D eigenvalue weighted by Crippen LogP contribution is -2.46. The molecule has 1 aliphatic rings. The zero-order chi connectivity index (χ0) is 21.1. The lowest BCUT2D eigenvalue weighted by molar-refractivity contribution is -0.274. The van der Waals surface area contributed by atoms with Gasteiger partial charge in [0.2, 0.25) is 0 Å². The molecule has 0 aromatic heterocycles. The van der Waals surface area contributed by atoms with Gasteiger partial charge in [-0.25, -0.2) is 0 Å². The number of ether oxygens (including phenoxy) is 1. The van der Waals surface area contributed by atoms with Crippen LogP contribution in [0.15, 0.2) is 29.3 Å². The standard InChI is InChI=1S/C20H32F3N5O/c1-3-27-12-14-28(15-13-27)11-7-6-10-25-19(24-2)26-16-17-8-4-5-9-18(17)29-20(21,22)23/h4-5,8-9H,3,6-7,10-16H2,1-2H3,(H2,24,25,26). The van der Waals surface area contributed by atoms with Crippen LogP contribution in [0, 0.1) is 0 Å². The summed E-state index contributed by atoms with van der Waals surface area (Å²) in [6, 6.07) is 6.09. The molecule has 0 bridgehead atoms. The molecule has 164 valence electrons. The Balaban J connectivity index is 1.66. The average molecular weight is 416 g/mol. The highest BCUT2D eigenvalue weighted by atomic mass is 19.4. The van der Waals surface area contributed by atoms with E-state index >= 15 is 0 Å². The lowest BCUT2D eigenvalue weighted by atomic mass is 10.2. The van der Waals surface area contributed by atoms with E-state index in [9.17, 15) is 13.2 Å². The number of rotatable bonds is 9. The Morgan fingerprint density at radius 3 is 2.41 bits per heavy atom. The van der Waals surface area contributed by atoms with Crippen LogP contribution in [0.4, 0.5) is 13.2 Å². The van der Waals surface area contributed by atoms with E-state index in [4.69, 9.17) is 0 Å². The Morgan fingerprint density at radius 1 is 1.07 bits per heavy atom. The number of para-hydroxylation sites is 1. The van der Waals surface area contributed by atoms with Crippen molar-refractivity contribution < 1.29 is 17.9 Å². The van der Waals surface area contributed by atoms with Crippen LogP contribution in [0.3, 0.4) is 0 Å². The Labute approximate surface area is 171 Å². The molecule has 1 aromatic carbocycles. The molecular formula is C20H32F3N5O. The van der Waals surface area contributed by atoms with Gasteiger partial charge in [-0.05, 0) is 32.0 Å². The maximum atomic E-state index is 12.5. The average Bonchev–Trinajstić information content (AvgIpc) is 2.70. The van der Waals surface area contributed by atoms with Gasteiger partial charge in [-0.1, -0.05) is 25.1 Å². The van der Waals surface area contributed by atoms with Crippen molar-refractivity contribution in [2.45, 2.75) is 32.7 Å². The fraction of sp³-hybridized carbons (Fsp3) is 0.650. The first kappa shape index (κ1) is 23.3. The summed E-state index contributed by atoms with van der Waals surface area (Å²) in [5.41, 5.74) is 0.416. The van der Waals surface area contributed by atoms with Crippen molar-refractivity contribution in [3.63, 3.8) is 0 Å². The Bertz CT molecular complexity index is 631. The highest BCUT2D eigenvalue weighted by Crippen LogP contribution is 2.26. The molecule has 0 unspecified atom stereocenters. The normalized spacial score (nSPS) is 16.7. The molecule has 0 aliphatic carbocycles. The molecule has 0 radical (unpaired) electrons. The number of halogens is 3. The van der Waals surface area contributed by atoms with E-state index in [1.165, 1.54) is 12.1 Å². The number of alkyl halides is 3. The van der Waals surface area contributed by atoms with E-state index < -0.39 is 6.36 Å².